The number of carbonyl (C=O) groups excluding carboxylic acids is 1. The maximum atomic E-state index is 13.4. The number of nitrogens with one attached hydrogen (secondary N) is 1. The summed E-state index contributed by atoms with van der Waals surface area (Å²) in [5.74, 6) is 0.411. The van der Waals surface area contributed by atoms with Crippen LogP contribution < -0.4 is 10.2 Å². The monoisotopic (exact) mass is 559 g/mol. The molecule has 1 amide bonds. The Balaban J connectivity index is 1.05. The summed E-state index contributed by atoms with van der Waals surface area (Å²) in [5.41, 5.74) is -0.695. The third kappa shape index (κ3) is 6.49. The van der Waals surface area contributed by atoms with Crippen molar-refractivity contribution in [2.75, 3.05) is 43.0 Å². The highest BCUT2D eigenvalue weighted by atomic mass is 19.4. The Hall–Kier alpha value is -3.80. The molecule has 2 heterocycles. The number of halogens is 4. The first-order valence-corrected chi connectivity index (χ1v) is 13.2. The third-order valence-electron chi connectivity index (χ3n) is 7.48. The number of piperazine rings is 1. The summed E-state index contributed by atoms with van der Waals surface area (Å²) in [5, 5.41) is 6.32. The van der Waals surface area contributed by atoms with Crippen LogP contribution in [0.5, 0.6) is 0 Å². The van der Waals surface area contributed by atoms with Gasteiger partial charge in [-0.3, -0.25) is 4.79 Å². The minimum Gasteiger partial charge on any atom is -0.382 e. The number of rotatable bonds is 7. The minimum atomic E-state index is -4.67. The zero-order chi connectivity index (χ0) is 28.3. The van der Waals surface area contributed by atoms with Crippen molar-refractivity contribution >= 4 is 34.0 Å². The number of fused-ring (bicyclic) bond motifs is 1. The van der Waals surface area contributed by atoms with Gasteiger partial charge in [0.2, 0.25) is 5.91 Å². The highest BCUT2D eigenvalue weighted by molar-refractivity contribution is 5.80. The summed E-state index contributed by atoms with van der Waals surface area (Å²) in [4.78, 5) is 32.0. The number of amides is 1. The molecular weight excluding hydrogens is 530 g/mol. The van der Waals surface area contributed by atoms with Gasteiger partial charge >= 0.3 is 6.18 Å². The van der Waals surface area contributed by atoms with Crippen LogP contribution in [0.1, 0.15) is 31.2 Å². The highest BCUT2D eigenvalue weighted by Gasteiger charge is 2.35. The minimum absolute atomic E-state index is 0.0162. The van der Waals surface area contributed by atoms with E-state index in [4.69, 9.17) is 4.74 Å². The number of hydrogen-bond donors (Lipinski definition) is 1. The van der Waals surface area contributed by atoms with Crippen molar-refractivity contribution in [3.63, 3.8) is 0 Å². The molecule has 2 aromatic carbocycles. The molecule has 2 fully saturated rings. The molecule has 1 saturated heterocycles. The Bertz CT molecular complexity index is 1370. The van der Waals surface area contributed by atoms with Crippen LogP contribution >= 0.6 is 0 Å². The van der Waals surface area contributed by atoms with Crippen LogP contribution in [0.3, 0.4) is 0 Å². The molecule has 1 aliphatic heterocycles. The van der Waals surface area contributed by atoms with Crippen molar-refractivity contribution in [2.45, 2.75) is 44.0 Å². The van der Waals surface area contributed by atoms with Gasteiger partial charge in [-0.25, -0.2) is 9.37 Å². The van der Waals surface area contributed by atoms with Gasteiger partial charge in [0.05, 0.1) is 17.2 Å². The average molecular weight is 560 g/mol. The van der Waals surface area contributed by atoms with Crippen LogP contribution in [0.25, 0.3) is 10.9 Å². The average Bonchev–Trinajstić information content (AvgIpc) is 2.96. The van der Waals surface area contributed by atoms with Crippen LogP contribution in [0.4, 0.5) is 34.8 Å². The summed E-state index contributed by atoms with van der Waals surface area (Å²) in [6.45, 7) is 2.32. The lowest BCUT2D eigenvalue weighted by Gasteiger charge is -2.36. The van der Waals surface area contributed by atoms with Crippen molar-refractivity contribution in [1.29, 1.82) is 0 Å². The molecule has 1 saturated carbocycles. The van der Waals surface area contributed by atoms with E-state index in [1.54, 1.807) is 11.0 Å². The van der Waals surface area contributed by atoms with Crippen molar-refractivity contribution in [2.24, 2.45) is 5.18 Å². The molecule has 8 nitrogen and oxygen atoms in total. The van der Waals surface area contributed by atoms with Gasteiger partial charge < -0.3 is 19.9 Å². The Labute approximate surface area is 228 Å². The molecule has 1 aliphatic carbocycles. The first kappa shape index (κ1) is 27.8. The van der Waals surface area contributed by atoms with Crippen molar-refractivity contribution < 1.29 is 27.1 Å². The Morgan fingerprint density at radius 2 is 1.75 bits per heavy atom. The molecular formula is C28H29F4N5O3. The predicted molar refractivity (Wildman–Crippen MR) is 143 cm³/mol. The second kappa shape index (κ2) is 11.7. The third-order valence-corrected chi connectivity index (χ3v) is 7.48. The summed E-state index contributed by atoms with van der Waals surface area (Å²) in [6.07, 6.45) is -2.05. The van der Waals surface area contributed by atoms with Crippen molar-refractivity contribution in [3.8, 4) is 0 Å². The van der Waals surface area contributed by atoms with Crippen LogP contribution in [0, 0.1) is 10.7 Å². The van der Waals surface area contributed by atoms with Gasteiger partial charge in [-0.05, 0) is 79.4 Å². The smallest absolute Gasteiger partial charge is 0.382 e. The molecule has 1 N–H and O–H groups in total. The van der Waals surface area contributed by atoms with E-state index < -0.39 is 17.4 Å². The fraction of sp³-hybridized carbons (Fsp3) is 0.429. The number of benzene rings is 2. The number of aromatic nitrogens is 1. The fourth-order valence-electron chi connectivity index (χ4n) is 5.27. The highest BCUT2D eigenvalue weighted by Crippen LogP contribution is 2.38. The molecule has 40 heavy (non-hydrogen) atoms. The lowest BCUT2D eigenvalue weighted by Crippen LogP contribution is -2.50. The summed E-state index contributed by atoms with van der Waals surface area (Å²) >= 11 is 0. The van der Waals surface area contributed by atoms with Gasteiger partial charge in [-0.1, -0.05) is 0 Å². The number of carbonyl (C=O) groups is 1. The van der Waals surface area contributed by atoms with E-state index in [9.17, 15) is 27.3 Å². The lowest BCUT2D eigenvalue weighted by molar-refractivity contribution is -0.139. The van der Waals surface area contributed by atoms with E-state index in [0.717, 1.165) is 28.9 Å². The van der Waals surface area contributed by atoms with Gasteiger partial charge in [-0.15, -0.1) is 4.91 Å². The van der Waals surface area contributed by atoms with Crippen LogP contribution in [0.2, 0.25) is 0 Å². The van der Waals surface area contributed by atoms with Crippen LogP contribution in [-0.2, 0) is 15.7 Å². The largest absolute Gasteiger partial charge is 0.418 e. The van der Waals surface area contributed by atoms with E-state index in [1.165, 1.54) is 18.2 Å². The van der Waals surface area contributed by atoms with Gasteiger partial charge in [0.15, 0.2) is 0 Å². The lowest BCUT2D eigenvalue weighted by atomic mass is 9.92. The molecule has 5 rings (SSSR count). The second-order valence-corrected chi connectivity index (χ2v) is 10.1. The van der Waals surface area contributed by atoms with E-state index in [1.807, 2.05) is 12.1 Å². The number of alkyl halides is 3. The van der Waals surface area contributed by atoms with Crippen LogP contribution in [0.15, 0.2) is 53.7 Å². The Kier molecular flexibility index (Phi) is 8.15. The molecule has 0 spiro atoms. The van der Waals surface area contributed by atoms with Crippen molar-refractivity contribution in [3.05, 3.63) is 64.8 Å². The molecule has 1 aromatic heterocycles. The number of pyridine rings is 1. The summed E-state index contributed by atoms with van der Waals surface area (Å²) in [6, 6.07) is 11.6. The topological polar surface area (TPSA) is 87.1 Å². The predicted octanol–water partition coefficient (Wildman–Crippen LogP) is 5.88. The van der Waals surface area contributed by atoms with E-state index >= 15 is 0 Å². The molecule has 12 heteroatoms. The first-order chi connectivity index (χ1) is 19.2. The van der Waals surface area contributed by atoms with Gasteiger partial charge in [0.25, 0.3) is 0 Å². The maximum Gasteiger partial charge on any atom is 0.418 e. The molecule has 0 unspecified atom stereocenters. The molecule has 2 aliphatic rings. The van der Waals surface area contributed by atoms with E-state index in [-0.39, 0.29) is 36.2 Å². The van der Waals surface area contributed by atoms with Crippen molar-refractivity contribution in [1.82, 2.24) is 9.88 Å². The normalized spacial score (nSPS) is 20.0. The zero-order valence-electron chi connectivity index (χ0n) is 21.7. The van der Waals surface area contributed by atoms with Crippen LogP contribution in [-0.4, -0.2) is 60.7 Å². The molecule has 3 aromatic rings. The number of ether oxygens (including phenoxy) is 1. The molecule has 212 valence electrons. The quantitative estimate of drug-likeness (QED) is 0.288. The number of anilines is 2. The second-order valence-electron chi connectivity index (χ2n) is 10.1. The summed E-state index contributed by atoms with van der Waals surface area (Å²) in [7, 11) is 0. The molecule has 0 atom stereocenters. The van der Waals surface area contributed by atoms with E-state index in [2.05, 4.69) is 20.4 Å². The zero-order valence-corrected chi connectivity index (χ0v) is 21.7. The van der Waals surface area contributed by atoms with E-state index in [0.29, 0.717) is 51.9 Å². The fourth-order valence-corrected chi connectivity index (χ4v) is 5.27. The molecule has 0 radical (unpaired) electrons. The maximum absolute atomic E-state index is 13.4. The Morgan fingerprint density at radius 3 is 2.45 bits per heavy atom. The number of nitroso groups, excluding NO2 is 1. The first-order valence-electron chi connectivity index (χ1n) is 13.2. The van der Waals surface area contributed by atoms with Gasteiger partial charge in [0, 0.05) is 43.3 Å². The summed E-state index contributed by atoms with van der Waals surface area (Å²) < 4.78 is 58.9. The SMILES string of the molecule is O=Nc1ccc(N[C@H]2CC[C@H](OCC(=O)N3CCN(c4ccc5cc(F)ccc5n4)CC3)CC2)cc1C(F)(F)F. The molecule has 0 bridgehead atoms. The number of hydrogen-bond acceptors (Lipinski definition) is 7. The van der Waals surface area contributed by atoms with Gasteiger partial charge in [-0.2, -0.15) is 13.2 Å². The standard InChI is InChI=1S/C28H29F4N5O3/c29-19-2-8-24-18(15-19)1-10-26(34-24)36-11-13-37(14-12-36)27(38)17-40-22-6-3-20(4-7-22)33-21-5-9-25(35-39)23(16-21)28(30,31)32/h1-2,5,8-10,15-16,20,22,33H,3-4,6-7,11-14,17H2/t20-,22-. The Morgan fingerprint density at radius 1 is 1.00 bits per heavy atom. The number of nitrogens with zero attached hydrogens (tertiary/aromatic N) is 4. The van der Waals surface area contributed by atoms with Gasteiger partial charge in [0.1, 0.15) is 23.9 Å².